The zero-order valence-electron chi connectivity index (χ0n) is 8.34. The first-order valence-electron chi connectivity index (χ1n) is 4.11. The van der Waals surface area contributed by atoms with Gasteiger partial charge in [0.25, 0.3) is 0 Å². The molecule has 0 aliphatic rings. The Balaban J connectivity index is 2.24. The van der Waals surface area contributed by atoms with E-state index in [1.54, 1.807) is 0 Å². The molecule has 0 spiro atoms. The maximum Gasteiger partial charge on any atom is 0.321 e. The van der Waals surface area contributed by atoms with Crippen molar-refractivity contribution in [1.29, 1.82) is 0 Å². The number of aryl methyl sites for hydroxylation is 1. The zero-order valence-corrected chi connectivity index (χ0v) is 10.7. The third kappa shape index (κ3) is 2.77. The highest BCUT2D eigenvalue weighted by Gasteiger charge is 2.09. The largest absolute Gasteiger partial charge is 0.467 e. The Morgan fingerprint density at radius 1 is 1.25 bits per heavy atom. The molecule has 0 bridgehead atoms. The lowest BCUT2D eigenvalue weighted by Gasteiger charge is -1.99. The van der Waals surface area contributed by atoms with Crippen LogP contribution in [0.2, 0.25) is 5.28 Å². The third-order valence-corrected chi connectivity index (χ3v) is 3.31. The predicted octanol–water partition coefficient (Wildman–Crippen LogP) is 1.84. The molecule has 6 nitrogen and oxygen atoms in total. The van der Waals surface area contributed by atoms with E-state index in [0.29, 0.717) is 5.16 Å². The van der Waals surface area contributed by atoms with Crippen LogP contribution in [0, 0.1) is 6.92 Å². The fourth-order valence-electron chi connectivity index (χ4n) is 0.849. The summed E-state index contributed by atoms with van der Waals surface area (Å²) in [6.45, 7) is 1.82. The van der Waals surface area contributed by atoms with E-state index in [2.05, 4.69) is 24.3 Å². The lowest BCUT2D eigenvalue weighted by molar-refractivity contribution is 0.373. The number of nitrogens with zero attached hydrogens (tertiary/aromatic N) is 5. The van der Waals surface area contributed by atoms with Gasteiger partial charge in [-0.15, -0.1) is 0 Å². The molecule has 2 rings (SSSR count). The first-order chi connectivity index (χ1) is 7.67. The van der Waals surface area contributed by atoms with Crippen LogP contribution in [0.15, 0.2) is 9.50 Å². The Kier molecular flexibility index (Phi) is 3.52. The molecule has 0 aliphatic heterocycles. The molecule has 2 heterocycles. The SMILES string of the molecule is COc1nc(Cl)nc(Sc2nc(C)ns2)n1. The summed E-state index contributed by atoms with van der Waals surface area (Å²) in [6, 6.07) is 0.184. The molecule has 0 radical (unpaired) electrons. The van der Waals surface area contributed by atoms with Crippen LogP contribution < -0.4 is 4.74 Å². The van der Waals surface area contributed by atoms with Gasteiger partial charge in [0, 0.05) is 0 Å². The second-order valence-electron chi connectivity index (χ2n) is 2.58. The summed E-state index contributed by atoms with van der Waals surface area (Å²) in [4.78, 5) is 15.9. The lowest BCUT2D eigenvalue weighted by Crippen LogP contribution is -1.96. The molecule has 0 aliphatic carbocycles. The van der Waals surface area contributed by atoms with E-state index in [1.165, 1.54) is 30.4 Å². The minimum atomic E-state index is 0.0931. The summed E-state index contributed by atoms with van der Waals surface area (Å²) >= 11 is 8.26. The molecular formula is C7H6ClN5OS2. The molecule has 0 fully saturated rings. The first kappa shape index (κ1) is 11.5. The van der Waals surface area contributed by atoms with E-state index in [0.717, 1.165) is 10.2 Å². The third-order valence-electron chi connectivity index (χ3n) is 1.44. The molecular weight excluding hydrogens is 270 g/mol. The van der Waals surface area contributed by atoms with Gasteiger partial charge in [-0.05, 0) is 41.8 Å². The van der Waals surface area contributed by atoms with Crippen LogP contribution in [0.1, 0.15) is 5.82 Å². The maximum absolute atomic E-state index is 5.71. The van der Waals surface area contributed by atoms with Gasteiger partial charge >= 0.3 is 6.01 Å². The number of hydrogen-bond donors (Lipinski definition) is 0. The Morgan fingerprint density at radius 2 is 2.06 bits per heavy atom. The van der Waals surface area contributed by atoms with Crippen molar-refractivity contribution in [2.24, 2.45) is 0 Å². The van der Waals surface area contributed by atoms with Crippen LogP contribution in [-0.4, -0.2) is 31.4 Å². The minimum absolute atomic E-state index is 0.0931. The van der Waals surface area contributed by atoms with Crippen LogP contribution in [0.5, 0.6) is 6.01 Å². The van der Waals surface area contributed by atoms with Gasteiger partial charge < -0.3 is 4.74 Å². The maximum atomic E-state index is 5.71. The zero-order chi connectivity index (χ0) is 11.5. The molecule has 0 aromatic carbocycles. The van der Waals surface area contributed by atoms with Crippen LogP contribution in [0.4, 0.5) is 0 Å². The monoisotopic (exact) mass is 275 g/mol. The molecule has 2 aromatic heterocycles. The molecule has 0 unspecified atom stereocenters. The van der Waals surface area contributed by atoms with Gasteiger partial charge in [-0.1, -0.05) is 0 Å². The van der Waals surface area contributed by atoms with Crippen molar-refractivity contribution >= 4 is 34.9 Å². The van der Waals surface area contributed by atoms with E-state index in [4.69, 9.17) is 16.3 Å². The molecule has 2 aromatic rings. The quantitative estimate of drug-likeness (QED) is 0.846. The minimum Gasteiger partial charge on any atom is -0.467 e. The summed E-state index contributed by atoms with van der Waals surface area (Å²) in [6.07, 6.45) is 0. The number of methoxy groups -OCH3 is 1. The Morgan fingerprint density at radius 3 is 2.69 bits per heavy atom. The lowest BCUT2D eigenvalue weighted by atomic mass is 10.8. The predicted molar refractivity (Wildman–Crippen MR) is 60.2 cm³/mol. The van der Waals surface area contributed by atoms with Gasteiger partial charge in [0.2, 0.25) is 10.4 Å². The van der Waals surface area contributed by atoms with Gasteiger partial charge in [0.05, 0.1) is 7.11 Å². The molecule has 0 atom stereocenters. The summed E-state index contributed by atoms with van der Waals surface area (Å²) in [7, 11) is 1.47. The van der Waals surface area contributed by atoms with E-state index in [1.807, 2.05) is 6.92 Å². The summed E-state index contributed by atoms with van der Waals surface area (Å²) in [5.74, 6) is 0.722. The summed E-state index contributed by atoms with van der Waals surface area (Å²) in [5.41, 5.74) is 0. The standard InChI is InChI=1S/C7H6ClN5OS2/c1-3-9-7(16-13-3)15-6-11-4(8)10-5(12-6)14-2/h1-2H3. The van der Waals surface area contributed by atoms with Gasteiger partial charge in [-0.2, -0.15) is 19.3 Å². The number of rotatable bonds is 3. The van der Waals surface area contributed by atoms with Crippen molar-refractivity contribution < 1.29 is 4.74 Å². The van der Waals surface area contributed by atoms with Gasteiger partial charge in [0.15, 0.2) is 4.34 Å². The fraction of sp³-hybridized carbons (Fsp3) is 0.286. The Bertz CT molecular complexity index is 505. The van der Waals surface area contributed by atoms with Crippen LogP contribution >= 0.6 is 34.9 Å². The molecule has 84 valence electrons. The van der Waals surface area contributed by atoms with Crippen molar-refractivity contribution in [1.82, 2.24) is 24.3 Å². The summed E-state index contributed by atoms with van der Waals surface area (Å²) < 4.78 is 9.69. The number of aromatic nitrogens is 5. The Hall–Kier alpha value is -0.990. The van der Waals surface area contributed by atoms with E-state index >= 15 is 0 Å². The van der Waals surface area contributed by atoms with Gasteiger partial charge in [0.1, 0.15) is 5.82 Å². The van der Waals surface area contributed by atoms with Crippen LogP contribution in [0.3, 0.4) is 0 Å². The molecule has 9 heteroatoms. The average Bonchev–Trinajstić information content (AvgIpc) is 2.63. The molecule has 16 heavy (non-hydrogen) atoms. The molecule has 0 amide bonds. The van der Waals surface area contributed by atoms with Gasteiger partial charge in [-0.3, -0.25) is 0 Å². The van der Waals surface area contributed by atoms with E-state index in [-0.39, 0.29) is 11.3 Å². The normalized spacial score (nSPS) is 10.4. The van der Waals surface area contributed by atoms with Crippen LogP contribution in [0.25, 0.3) is 0 Å². The number of ether oxygens (including phenoxy) is 1. The topological polar surface area (TPSA) is 73.7 Å². The summed E-state index contributed by atoms with van der Waals surface area (Å²) in [5, 5.41) is 0.531. The number of hydrogen-bond acceptors (Lipinski definition) is 8. The van der Waals surface area contributed by atoms with Crippen molar-refractivity contribution in [3.8, 4) is 6.01 Å². The van der Waals surface area contributed by atoms with Gasteiger partial charge in [-0.25, -0.2) is 4.98 Å². The molecule has 0 saturated carbocycles. The highest BCUT2D eigenvalue weighted by molar-refractivity contribution is 8.00. The van der Waals surface area contributed by atoms with Crippen molar-refractivity contribution in [2.45, 2.75) is 16.4 Å². The average molecular weight is 276 g/mol. The Labute approximate surface area is 105 Å². The smallest absolute Gasteiger partial charge is 0.321 e. The second kappa shape index (κ2) is 4.89. The van der Waals surface area contributed by atoms with Crippen molar-refractivity contribution in [2.75, 3.05) is 7.11 Å². The molecule has 0 saturated heterocycles. The van der Waals surface area contributed by atoms with Crippen molar-refractivity contribution in [3.63, 3.8) is 0 Å². The van der Waals surface area contributed by atoms with Crippen LogP contribution in [-0.2, 0) is 0 Å². The highest BCUT2D eigenvalue weighted by atomic mass is 35.5. The second-order valence-corrected chi connectivity index (χ2v) is 4.89. The van der Waals surface area contributed by atoms with Crippen molar-refractivity contribution in [3.05, 3.63) is 11.1 Å². The molecule has 0 N–H and O–H groups in total. The number of halogens is 1. The van der Waals surface area contributed by atoms with E-state index < -0.39 is 0 Å². The first-order valence-corrected chi connectivity index (χ1v) is 6.08. The highest BCUT2D eigenvalue weighted by Crippen LogP contribution is 2.27. The fourth-order valence-corrected chi connectivity index (χ4v) is 2.55. The van der Waals surface area contributed by atoms with E-state index in [9.17, 15) is 0 Å².